The van der Waals surface area contributed by atoms with E-state index in [1.54, 1.807) is 4.68 Å². The zero-order valence-electron chi connectivity index (χ0n) is 10.1. The molecule has 0 bridgehead atoms. The highest BCUT2D eigenvalue weighted by Crippen LogP contribution is 2.33. The molecule has 0 atom stereocenters. The Morgan fingerprint density at radius 2 is 2.11 bits per heavy atom. The molecule has 0 saturated carbocycles. The summed E-state index contributed by atoms with van der Waals surface area (Å²) < 4.78 is 2.24. The molecule has 0 spiro atoms. The van der Waals surface area contributed by atoms with Crippen molar-refractivity contribution in [3.63, 3.8) is 0 Å². The number of hydrogen-bond acceptors (Lipinski definition) is 2. The van der Waals surface area contributed by atoms with Gasteiger partial charge in [0.25, 0.3) is 0 Å². The summed E-state index contributed by atoms with van der Waals surface area (Å²) in [6, 6.07) is 7.85. The second-order valence-corrected chi connectivity index (χ2v) is 4.74. The average Bonchev–Trinajstić information content (AvgIpc) is 2.67. The van der Waals surface area contributed by atoms with Crippen LogP contribution in [0, 0.1) is 6.92 Å². The number of carbonyl (C=O) groups is 1. The fraction of sp³-hybridized carbons (Fsp3) is 0.231. The van der Waals surface area contributed by atoms with Crippen molar-refractivity contribution in [2.45, 2.75) is 20.4 Å². The predicted molar refractivity (Wildman–Crippen MR) is 72.7 cm³/mol. The number of carboxylic acid groups (broad SMARTS) is 1. The van der Waals surface area contributed by atoms with Gasteiger partial charge in [0.05, 0.1) is 10.2 Å². The smallest absolute Gasteiger partial charge is 0.357 e. The Bertz CT molecular complexity index is 605. The maximum Gasteiger partial charge on any atom is 0.357 e. The molecule has 1 aromatic carbocycles. The standard InChI is InChI=1S/C13H13BrN2O2/c1-3-16-12(9-7-5-4-6-8(9)2)10(14)11(15-16)13(17)18/h4-7H,3H2,1-2H3,(H,17,18). The number of aromatic nitrogens is 2. The van der Waals surface area contributed by atoms with Gasteiger partial charge in [0.1, 0.15) is 0 Å². The van der Waals surface area contributed by atoms with Gasteiger partial charge in [-0.25, -0.2) is 4.79 Å². The van der Waals surface area contributed by atoms with Crippen molar-refractivity contribution in [1.82, 2.24) is 9.78 Å². The minimum Gasteiger partial charge on any atom is -0.476 e. The molecule has 0 aliphatic heterocycles. The van der Waals surface area contributed by atoms with Crippen molar-refractivity contribution in [2.75, 3.05) is 0 Å². The van der Waals surface area contributed by atoms with Crippen molar-refractivity contribution >= 4 is 21.9 Å². The highest BCUT2D eigenvalue weighted by molar-refractivity contribution is 9.10. The normalized spacial score (nSPS) is 10.6. The van der Waals surface area contributed by atoms with Gasteiger partial charge in [-0.2, -0.15) is 5.10 Å². The number of benzene rings is 1. The van der Waals surface area contributed by atoms with Gasteiger partial charge < -0.3 is 5.11 Å². The average molecular weight is 309 g/mol. The molecule has 1 heterocycles. The van der Waals surface area contributed by atoms with Crippen LogP contribution in [0.25, 0.3) is 11.3 Å². The van der Waals surface area contributed by atoms with Crippen LogP contribution in [-0.2, 0) is 6.54 Å². The van der Waals surface area contributed by atoms with E-state index in [4.69, 9.17) is 5.11 Å². The number of rotatable bonds is 3. The molecule has 0 aliphatic carbocycles. The van der Waals surface area contributed by atoms with E-state index in [1.807, 2.05) is 38.1 Å². The molecule has 0 amide bonds. The molecule has 2 rings (SSSR count). The van der Waals surface area contributed by atoms with Crippen molar-refractivity contribution in [3.8, 4) is 11.3 Å². The molecule has 0 radical (unpaired) electrons. The lowest BCUT2D eigenvalue weighted by atomic mass is 10.1. The summed E-state index contributed by atoms with van der Waals surface area (Å²) in [5.74, 6) is -1.02. The summed E-state index contributed by atoms with van der Waals surface area (Å²) in [6.45, 7) is 4.55. The van der Waals surface area contributed by atoms with Gasteiger partial charge in [-0.3, -0.25) is 4.68 Å². The molecule has 1 aromatic heterocycles. The number of nitrogens with zero attached hydrogens (tertiary/aromatic N) is 2. The van der Waals surface area contributed by atoms with Crippen LogP contribution < -0.4 is 0 Å². The molecular formula is C13H13BrN2O2. The molecule has 1 N–H and O–H groups in total. The van der Waals surface area contributed by atoms with Gasteiger partial charge in [0.15, 0.2) is 5.69 Å². The third kappa shape index (κ3) is 2.06. The Morgan fingerprint density at radius 3 is 2.67 bits per heavy atom. The molecular weight excluding hydrogens is 296 g/mol. The van der Waals surface area contributed by atoms with E-state index in [0.717, 1.165) is 16.8 Å². The van der Waals surface area contributed by atoms with Gasteiger partial charge >= 0.3 is 5.97 Å². The van der Waals surface area contributed by atoms with Crippen LogP contribution in [0.15, 0.2) is 28.7 Å². The lowest BCUT2D eigenvalue weighted by Gasteiger charge is -2.08. The van der Waals surface area contributed by atoms with E-state index in [1.165, 1.54) is 0 Å². The van der Waals surface area contributed by atoms with Crippen molar-refractivity contribution in [2.24, 2.45) is 0 Å². The summed E-state index contributed by atoms with van der Waals surface area (Å²) in [5.41, 5.74) is 2.94. The predicted octanol–water partition coefficient (Wildman–Crippen LogP) is 3.34. The minimum absolute atomic E-state index is 0.0510. The lowest BCUT2D eigenvalue weighted by Crippen LogP contribution is -2.02. The first-order chi connectivity index (χ1) is 8.56. The van der Waals surface area contributed by atoms with Gasteiger partial charge in [-0.05, 0) is 35.3 Å². The first kappa shape index (κ1) is 12.8. The minimum atomic E-state index is -1.02. The van der Waals surface area contributed by atoms with Crippen molar-refractivity contribution in [3.05, 3.63) is 40.0 Å². The maximum atomic E-state index is 11.1. The van der Waals surface area contributed by atoms with Crippen LogP contribution in [0.3, 0.4) is 0 Å². The van der Waals surface area contributed by atoms with E-state index in [0.29, 0.717) is 11.0 Å². The monoisotopic (exact) mass is 308 g/mol. The fourth-order valence-corrected chi connectivity index (χ4v) is 2.57. The van der Waals surface area contributed by atoms with Crippen LogP contribution in [0.2, 0.25) is 0 Å². The zero-order chi connectivity index (χ0) is 13.3. The second kappa shape index (κ2) is 4.94. The number of hydrogen-bond donors (Lipinski definition) is 1. The van der Waals surface area contributed by atoms with Crippen LogP contribution in [0.4, 0.5) is 0 Å². The third-order valence-electron chi connectivity index (χ3n) is 2.80. The quantitative estimate of drug-likeness (QED) is 0.946. The molecule has 94 valence electrons. The molecule has 0 aliphatic rings. The summed E-state index contributed by atoms with van der Waals surface area (Å²) >= 11 is 3.35. The zero-order valence-corrected chi connectivity index (χ0v) is 11.7. The molecule has 0 saturated heterocycles. The summed E-state index contributed by atoms with van der Waals surface area (Å²) in [4.78, 5) is 11.1. The Labute approximate surface area is 113 Å². The summed E-state index contributed by atoms with van der Waals surface area (Å²) in [7, 11) is 0. The molecule has 5 heteroatoms. The van der Waals surface area contributed by atoms with Crippen molar-refractivity contribution in [1.29, 1.82) is 0 Å². The largest absolute Gasteiger partial charge is 0.476 e. The van der Waals surface area contributed by atoms with E-state index in [-0.39, 0.29) is 5.69 Å². The lowest BCUT2D eigenvalue weighted by molar-refractivity contribution is 0.0688. The molecule has 4 nitrogen and oxygen atoms in total. The summed E-state index contributed by atoms with van der Waals surface area (Å²) in [5, 5.41) is 13.2. The van der Waals surface area contributed by atoms with E-state index >= 15 is 0 Å². The van der Waals surface area contributed by atoms with Crippen LogP contribution in [-0.4, -0.2) is 20.9 Å². The van der Waals surface area contributed by atoms with Crippen LogP contribution in [0.1, 0.15) is 23.0 Å². The molecule has 2 aromatic rings. The first-order valence-electron chi connectivity index (χ1n) is 5.61. The van der Waals surface area contributed by atoms with Gasteiger partial charge in [0, 0.05) is 12.1 Å². The topological polar surface area (TPSA) is 55.1 Å². The number of aromatic carboxylic acids is 1. The molecule has 0 unspecified atom stereocenters. The Morgan fingerprint density at radius 1 is 1.44 bits per heavy atom. The van der Waals surface area contributed by atoms with E-state index < -0.39 is 5.97 Å². The van der Waals surface area contributed by atoms with Crippen LogP contribution >= 0.6 is 15.9 Å². The highest BCUT2D eigenvalue weighted by atomic mass is 79.9. The fourth-order valence-electron chi connectivity index (χ4n) is 1.90. The molecule has 18 heavy (non-hydrogen) atoms. The highest BCUT2D eigenvalue weighted by Gasteiger charge is 2.21. The van der Waals surface area contributed by atoms with Crippen molar-refractivity contribution < 1.29 is 9.90 Å². The maximum absolute atomic E-state index is 11.1. The van der Waals surface area contributed by atoms with Gasteiger partial charge in [-0.15, -0.1) is 0 Å². The third-order valence-corrected chi connectivity index (χ3v) is 3.55. The van der Waals surface area contributed by atoms with Gasteiger partial charge in [0.2, 0.25) is 0 Å². The van der Waals surface area contributed by atoms with E-state index in [2.05, 4.69) is 21.0 Å². The van der Waals surface area contributed by atoms with Gasteiger partial charge in [-0.1, -0.05) is 24.3 Å². The Balaban J connectivity index is 2.71. The SMILES string of the molecule is CCn1nc(C(=O)O)c(Br)c1-c1ccccc1C. The Kier molecular flexibility index (Phi) is 3.52. The number of carboxylic acids is 1. The van der Waals surface area contributed by atoms with Crippen LogP contribution in [0.5, 0.6) is 0 Å². The first-order valence-corrected chi connectivity index (χ1v) is 6.41. The second-order valence-electron chi connectivity index (χ2n) is 3.95. The Hall–Kier alpha value is -1.62. The summed E-state index contributed by atoms with van der Waals surface area (Å²) in [6.07, 6.45) is 0. The number of halogens is 1. The molecule has 0 fully saturated rings. The number of aryl methyl sites for hydroxylation is 2. The van der Waals surface area contributed by atoms with E-state index in [9.17, 15) is 4.79 Å².